The van der Waals surface area contributed by atoms with Gasteiger partial charge < -0.3 is 0 Å². The molecule has 2 heterocycles. The second-order valence-electron chi connectivity index (χ2n) is 7.27. The Hall–Kier alpha value is 0.110. The monoisotopic (exact) mass is 314 g/mol. The molecular weight excluding hydrogens is 279 g/mol. The number of nitrogens with zero attached hydrogens (tertiary/aromatic N) is 4. The van der Waals surface area contributed by atoms with E-state index in [0.29, 0.717) is 0 Å². The summed E-state index contributed by atoms with van der Waals surface area (Å²) in [5.74, 6) is 0. The van der Waals surface area contributed by atoms with Crippen LogP contribution in [0.15, 0.2) is 4.74 Å². The van der Waals surface area contributed by atoms with Gasteiger partial charge in [-0.3, -0.25) is 4.74 Å². The minimum absolute atomic E-state index is 0.0293. The Labute approximate surface area is 132 Å². The van der Waals surface area contributed by atoms with Gasteiger partial charge in [0.1, 0.15) is 0 Å². The van der Waals surface area contributed by atoms with E-state index >= 15 is 0 Å². The van der Waals surface area contributed by atoms with Crippen LogP contribution in [0.4, 0.5) is 0 Å². The van der Waals surface area contributed by atoms with E-state index in [-0.39, 0.29) is 5.54 Å². The summed E-state index contributed by atoms with van der Waals surface area (Å²) in [5, 5.41) is 0. The van der Waals surface area contributed by atoms with Crippen LogP contribution in [-0.4, -0.2) is 58.8 Å². The van der Waals surface area contributed by atoms with Crippen molar-refractivity contribution in [3.05, 3.63) is 0 Å². The quantitative estimate of drug-likeness (QED) is 0.708. The average Bonchev–Trinajstić information content (AvgIpc) is 3.11. The summed E-state index contributed by atoms with van der Waals surface area (Å²) in [7, 11) is -1.70. The van der Waals surface area contributed by atoms with E-state index in [4.69, 9.17) is 4.74 Å². The predicted molar refractivity (Wildman–Crippen MR) is 93.6 cm³/mol. The highest BCUT2D eigenvalue weighted by molar-refractivity contribution is 7.59. The van der Waals surface area contributed by atoms with Crippen molar-refractivity contribution < 1.29 is 0 Å². The molecule has 0 unspecified atom stereocenters. The van der Waals surface area contributed by atoms with Crippen LogP contribution in [0.1, 0.15) is 60.3 Å². The van der Waals surface area contributed by atoms with Gasteiger partial charge in [0, 0.05) is 39.3 Å². The highest BCUT2D eigenvalue weighted by Gasteiger charge is 2.42. The molecule has 0 saturated carbocycles. The van der Waals surface area contributed by atoms with E-state index in [0.717, 1.165) is 13.1 Å². The van der Waals surface area contributed by atoms with E-state index in [1.165, 1.54) is 51.9 Å². The lowest BCUT2D eigenvalue weighted by Crippen LogP contribution is -2.40. The first-order valence-corrected chi connectivity index (χ1v) is 10.4. The summed E-state index contributed by atoms with van der Waals surface area (Å²) in [4.78, 5) is 0. The molecule has 0 amide bonds. The molecule has 2 saturated heterocycles. The van der Waals surface area contributed by atoms with Gasteiger partial charge in [0.05, 0.1) is 5.54 Å². The van der Waals surface area contributed by atoms with Crippen molar-refractivity contribution >= 4 is 7.51 Å². The molecule has 5 heteroatoms. The number of hydrogen-bond donors (Lipinski definition) is 0. The van der Waals surface area contributed by atoms with E-state index in [1.54, 1.807) is 0 Å². The molecule has 2 aliphatic heterocycles. The molecular formula is C16H35N4P. The number of rotatable bonds is 5. The lowest BCUT2D eigenvalue weighted by molar-refractivity contribution is 0.358. The second-order valence-corrected chi connectivity index (χ2v) is 10.2. The zero-order valence-corrected chi connectivity index (χ0v) is 15.7. The van der Waals surface area contributed by atoms with E-state index in [1.807, 2.05) is 0 Å². The fourth-order valence-corrected chi connectivity index (χ4v) is 8.33. The molecule has 2 rings (SSSR count). The van der Waals surface area contributed by atoms with Gasteiger partial charge in [-0.15, -0.1) is 0 Å². The Morgan fingerprint density at radius 2 is 1.24 bits per heavy atom. The molecule has 4 nitrogen and oxygen atoms in total. The van der Waals surface area contributed by atoms with Crippen molar-refractivity contribution in [2.24, 2.45) is 4.74 Å². The Morgan fingerprint density at radius 1 is 0.857 bits per heavy atom. The fourth-order valence-electron chi connectivity index (χ4n) is 3.67. The van der Waals surface area contributed by atoms with Crippen LogP contribution in [0.5, 0.6) is 0 Å². The van der Waals surface area contributed by atoms with E-state index in [9.17, 15) is 0 Å². The molecule has 0 atom stereocenters. The maximum Gasteiger partial charge on any atom is 0.168 e. The van der Waals surface area contributed by atoms with Gasteiger partial charge in [0.2, 0.25) is 0 Å². The smallest absolute Gasteiger partial charge is 0.168 e. The Balaban J connectivity index is 2.53. The van der Waals surface area contributed by atoms with Crippen LogP contribution >= 0.6 is 7.51 Å². The van der Waals surface area contributed by atoms with E-state index < -0.39 is 7.51 Å². The van der Waals surface area contributed by atoms with Gasteiger partial charge in [0.25, 0.3) is 0 Å². The molecule has 0 aromatic heterocycles. The standard InChI is InChI=1S/C16H35N4P/c1-6-18(7-2)21(17-16(3,4)5,19-12-8-9-13-19)20-14-10-11-15-20/h6-15H2,1-5H3. The van der Waals surface area contributed by atoms with Crippen LogP contribution in [0.3, 0.4) is 0 Å². The van der Waals surface area contributed by atoms with Gasteiger partial charge >= 0.3 is 0 Å². The highest BCUT2D eigenvalue weighted by Crippen LogP contribution is 2.62. The van der Waals surface area contributed by atoms with Crippen molar-refractivity contribution in [2.45, 2.75) is 65.8 Å². The topological polar surface area (TPSA) is 22.1 Å². The molecule has 0 bridgehead atoms. The molecule has 0 aromatic rings. The lowest BCUT2D eigenvalue weighted by atomic mass is 10.1. The van der Waals surface area contributed by atoms with Crippen molar-refractivity contribution in [2.75, 3.05) is 39.3 Å². The SMILES string of the molecule is CCN(CC)P(=NC(C)(C)C)(N1CCCC1)N1CCCC1. The van der Waals surface area contributed by atoms with Crippen molar-refractivity contribution in [3.8, 4) is 0 Å². The first-order chi connectivity index (χ1) is 9.94. The predicted octanol–water partition coefficient (Wildman–Crippen LogP) is 4.26. The zero-order chi connectivity index (χ0) is 15.5. The third-order valence-electron chi connectivity index (χ3n) is 4.47. The summed E-state index contributed by atoms with van der Waals surface area (Å²) >= 11 is 0. The third kappa shape index (κ3) is 3.72. The largest absolute Gasteiger partial charge is 0.255 e. The molecule has 0 radical (unpaired) electrons. The zero-order valence-electron chi connectivity index (χ0n) is 14.8. The molecule has 2 fully saturated rings. The summed E-state index contributed by atoms with van der Waals surface area (Å²) in [6.07, 6.45) is 5.38. The van der Waals surface area contributed by atoms with Gasteiger partial charge in [-0.1, -0.05) is 13.8 Å². The highest BCUT2D eigenvalue weighted by atomic mass is 31.2. The van der Waals surface area contributed by atoms with Gasteiger partial charge in [0.15, 0.2) is 7.51 Å². The van der Waals surface area contributed by atoms with Crippen molar-refractivity contribution in [3.63, 3.8) is 0 Å². The Morgan fingerprint density at radius 3 is 1.52 bits per heavy atom. The molecule has 0 aromatic carbocycles. The number of hydrogen-bond acceptors (Lipinski definition) is 1. The van der Waals surface area contributed by atoms with Crippen LogP contribution in [0, 0.1) is 0 Å². The fraction of sp³-hybridized carbons (Fsp3) is 1.00. The van der Waals surface area contributed by atoms with Gasteiger partial charge in [-0.05, 0) is 46.5 Å². The summed E-state index contributed by atoms with van der Waals surface area (Å²) in [5.41, 5.74) is 0.0293. The van der Waals surface area contributed by atoms with Crippen LogP contribution in [0.25, 0.3) is 0 Å². The molecule has 124 valence electrons. The summed E-state index contributed by atoms with van der Waals surface area (Å²) in [6, 6.07) is 0. The molecule has 2 aliphatic rings. The van der Waals surface area contributed by atoms with Crippen LogP contribution < -0.4 is 0 Å². The van der Waals surface area contributed by atoms with Crippen molar-refractivity contribution in [1.29, 1.82) is 0 Å². The van der Waals surface area contributed by atoms with Crippen molar-refractivity contribution in [1.82, 2.24) is 14.0 Å². The third-order valence-corrected chi connectivity index (χ3v) is 8.98. The van der Waals surface area contributed by atoms with Crippen LogP contribution in [-0.2, 0) is 0 Å². The Kier molecular flexibility index (Phi) is 5.92. The molecule has 0 N–H and O–H groups in total. The second kappa shape index (κ2) is 7.12. The summed E-state index contributed by atoms with van der Waals surface area (Å²) < 4.78 is 13.7. The lowest BCUT2D eigenvalue weighted by Gasteiger charge is -2.48. The maximum atomic E-state index is 5.54. The molecule has 21 heavy (non-hydrogen) atoms. The van der Waals surface area contributed by atoms with Gasteiger partial charge in [-0.2, -0.15) is 0 Å². The molecule has 0 spiro atoms. The Bertz CT molecular complexity index is 344. The minimum atomic E-state index is -1.70. The molecule has 0 aliphatic carbocycles. The summed E-state index contributed by atoms with van der Waals surface area (Å²) in [6.45, 7) is 18.6. The average molecular weight is 314 g/mol. The van der Waals surface area contributed by atoms with Crippen LogP contribution in [0.2, 0.25) is 0 Å². The first-order valence-electron chi connectivity index (χ1n) is 8.84. The van der Waals surface area contributed by atoms with E-state index in [2.05, 4.69) is 48.6 Å². The van der Waals surface area contributed by atoms with Gasteiger partial charge in [-0.25, -0.2) is 14.0 Å². The first kappa shape index (κ1) is 17.5. The minimum Gasteiger partial charge on any atom is -0.255 e. The normalized spacial score (nSPS) is 22.4. The maximum absolute atomic E-state index is 5.54.